The molecule has 1 saturated heterocycles. The van der Waals surface area contributed by atoms with Gasteiger partial charge in [0.1, 0.15) is 6.20 Å². The van der Waals surface area contributed by atoms with Gasteiger partial charge in [0, 0.05) is 25.7 Å². The van der Waals surface area contributed by atoms with Crippen LogP contribution in [0.1, 0.15) is 32.2 Å². The normalized spacial score (nSPS) is 16.7. The Bertz CT molecular complexity index is 555. The fraction of sp³-hybridized carbons (Fsp3) is 0.692. The minimum atomic E-state index is -1.12. The summed E-state index contributed by atoms with van der Waals surface area (Å²) in [6.07, 6.45) is 2.14. The van der Waals surface area contributed by atoms with Gasteiger partial charge in [0.25, 0.3) is 0 Å². The van der Waals surface area contributed by atoms with Gasteiger partial charge in [-0.3, -0.25) is 14.8 Å². The van der Waals surface area contributed by atoms with Gasteiger partial charge < -0.3 is 19.9 Å². The number of nitrogens with zero attached hydrogens (tertiary/aromatic N) is 3. The Kier molecular flexibility index (Phi) is 5.74. The third kappa shape index (κ3) is 4.81. The van der Waals surface area contributed by atoms with Crippen LogP contribution in [-0.4, -0.2) is 51.8 Å². The molecule has 2 rings (SSSR count). The van der Waals surface area contributed by atoms with Crippen molar-refractivity contribution in [2.45, 2.75) is 38.3 Å². The molecule has 1 aromatic heterocycles. The smallest absolute Gasteiger partial charge is 0.404 e. The molecule has 0 aliphatic carbocycles. The van der Waals surface area contributed by atoms with Gasteiger partial charge in [-0.1, -0.05) is 0 Å². The van der Waals surface area contributed by atoms with Gasteiger partial charge in [0.2, 0.25) is 0 Å². The van der Waals surface area contributed by atoms with Crippen molar-refractivity contribution in [2.75, 3.05) is 19.8 Å². The van der Waals surface area contributed by atoms with Crippen LogP contribution >= 0.6 is 0 Å². The molecule has 1 fully saturated rings. The second-order valence-electron chi connectivity index (χ2n) is 5.39. The van der Waals surface area contributed by atoms with E-state index < -0.39 is 11.0 Å². The molecule has 1 unspecified atom stereocenters. The van der Waals surface area contributed by atoms with Crippen LogP contribution in [0.15, 0.2) is 6.20 Å². The molecular weight excluding hydrogens is 308 g/mol. The van der Waals surface area contributed by atoms with Gasteiger partial charge in [0.15, 0.2) is 0 Å². The number of carboxylic acid groups (broad SMARTS) is 1. The fourth-order valence-corrected chi connectivity index (χ4v) is 2.35. The number of nitro groups is 1. The summed E-state index contributed by atoms with van der Waals surface area (Å²) in [5.41, 5.74) is -0.185. The number of rotatable bonds is 7. The SMILES string of the molecule is CC(CCOc1nn(C2CCOCC2)cc1[N+](=O)[O-])NC(=O)O. The van der Waals surface area contributed by atoms with Crippen LogP contribution in [0.2, 0.25) is 0 Å². The van der Waals surface area contributed by atoms with Crippen molar-refractivity contribution in [1.29, 1.82) is 0 Å². The van der Waals surface area contributed by atoms with Crippen LogP contribution in [0.25, 0.3) is 0 Å². The maximum absolute atomic E-state index is 11.1. The minimum absolute atomic E-state index is 0.0379. The Morgan fingerprint density at radius 3 is 2.96 bits per heavy atom. The van der Waals surface area contributed by atoms with Crippen molar-refractivity contribution in [3.8, 4) is 5.88 Å². The Balaban J connectivity index is 1.97. The van der Waals surface area contributed by atoms with Crippen molar-refractivity contribution in [1.82, 2.24) is 15.1 Å². The molecule has 128 valence electrons. The highest BCUT2D eigenvalue weighted by molar-refractivity contribution is 5.64. The van der Waals surface area contributed by atoms with Gasteiger partial charge in [-0.25, -0.2) is 4.79 Å². The number of hydrogen-bond acceptors (Lipinski definition) is 6. The van der Waals surface area contributed by atoms with Crippen LogP contribution in [0.5, 0.6) is 5.88 Å². The quantitative estimate of drug-likeness (QED) is 0.574. The molecule has 1 aliphatic heterocycles. The van der Waals surface area contributed by atoms with Crippen molar-refractivity contribution >= 4 is 11.8 Å². The van der Waals surface area contributed by atoms with Gasteiger partial charge in [-0.2, -0.15) is 0 Å². The molecule has 2 N–H and O–H groups in total. The average Bonchev–Trinajstić information content (AvgIpc) is 2.92. The number of ether oxygens (including phenoxy) is 2. The number of amides is 1. The van der Waals surface area contributed by atoms with Crippen molar-refractivity contribution < 1.29 is 24.3 Å². The lowest BCUT2D eigenvalue weighted by Gasteiger charge is -2.21. The molecule has 2 heterocycles. The molecular formula is C13H20N4O6. The predicted octanol–water partition coefficient (Wildman–Crippen LogP) is 1.57. The highest BCUT2D eigenvalue weighted by atomic mass is 16.6. The van der Waals surface area contributed by atoms with Crippen LogP contribution in [0, 0.1) is 10.1 Å². The molecule has 1 aliphatic rings. The summed E-state index contributed by atoms with van der Waals surface area (Å²) in [6.45, 7) is 3.03. The Hall–Kier alpha value is -2.36. The highest BCUT2D eigenvalue weighted by Gasteiger charge is 2.25. The first-order valence-electron chi connectivity index (χ1n) is 7.41. The van der Waals surface area contributed by atoms with Crippen LogP contribution in [0.3, 0.4) is 0 Å². The summed E-state index contributed by atoms with van der Waals surface area (Å²) in [4.78, 5) is 21.1. The minimum Gasteiger partial charge on any atom is -0.472 e. The van der Waals surface area contributed by atoms with Gasteiger partial charge in [-0.15, -0.1) is 5.10 Å². The predicted molar refractivity (Wildman–Crippen MR) is 78.7 cm³/mol. The maximum atomic E-state index is 11.1. The number of carbonyl (C=O) groups is 1. The summed E-state index contributed by atoms with van der Waals surface area (Å²) in [6, 6.07) is -0.253. The summed E-state index contributed by atoms with van der Waals surface area (Å²) in [5, 5.41) is 26.2. The van der Waals surface area contributed by atoms with E-state index in [0.29, 0.717) is 19.6 Å². The highest BCUT2D eigenvalue weighted by Crippen LogP contribution is 2.29. The Labute approximate surface area is 132 Å². The molecule has 1 amide bonds. The van der Waals surface area contributed by atoms with Crippen molar-refractivity contribution in [3.05, 3.63) is 16.3 Å². The van der Waals surface area contributed by atoms with Crippen LogP contribution in [0.4, 0.5) is 10.5 Å². The second kappa shape index (κ2) is 7.77. The van der Waals surface area contributed by atoms with E-state index in [1.54, 1.807) is 11.6 Å². The monoisotopic (exact) mass is 328 g/mol. The van der Waals surface area contributed by atoms with Crippen LogP contribution in [-0.2, 0) is 4.74 Å². The Morgan fingerprint density at radius 2 is 2.35 bits per heavy atom. The zero-order chi connectivity index (χ0) is 16.8. The van der Waals surface area contributed by atoms with E-state index in [1.165, 1.54) is 6.20 Å². The average molecular weight is 328 g/mol. The molecule has 0 aromatic carbocycles. The molecule has 1 aromatic rings. The summed E-state index contributed by atoms with van der Waals surface area (Å²) >= 11 is 0. The molecule has 0 radical (unpaired) electrons. The van der Waals surface area contributed by atoms with E-state index in [0.717, 1.165) is 12.8 Å². The summed E-state index contributed by atoms with van der Waals surface area (Å²) in [5.74, 6) is -0.0379. The standard InChI is InChI=1S/C13H20N4O6/c1-9(14-13(18)19)2-7-23-12-11(17(20)21)8-16(15-12)10-3-5-22-6-4-10/h8-10,14H,2-7H2,1H3,(H,18,19). The van der Waals surface area contributed by atoms with E-state index in [1.807, 2.05) is 0 Å². The number of nitrogens with one attached hydrogen (secondary N) is 1. The maximum Gasteiger partial charge on any atom is 0.404 e. The summed E-state index contributed by atoms with van der Waals surface area (Å²) < 4.78 is 12.2. The zero-order valence-electron chi connectivity index (χ0n) is 12.8. The molecule has 0 saturated carbocycles. The molecule has 0 bridgehead atoms. The molecule has 10 nitrogen and oxygen atoms in total. The van der Waals surface area contributed by atoms with E-state index in [9.17, 15) is 14.9 Å². The van der Waals surface area contributed by atoms with Gasteiger partial charge >= 0.3 is 17.7 Å². The molecule has 23 heavy (non-hydrogen) atoms. The largest absolute Gasteiger partial charge is 0.472 e. The van der Waals surface area contributed by atoms with Crippen molar-refractivity contribution in [3.63, 3.8) is 0 Å². The van der Waals surface area contributed by atoms with Crippen molar-refractivity contribution in [2.24, 2.45) is 0 Å². The number of hydrogen-bond donors (Lipinski definition) is 2. The summed E-state index contributed by atoms with van der Waals surface area (Å²) in [7, 11) is 0. The third-order valence-electron chi connectivity index (χ3n) is 3.60. The molecule has 0 spiro atoms. The first kappa shape index (κ1) is 17.0. The topological polar surface area (TPSA) is 129 Å². The lowest BCUT2D eigenvalue weighted by Crippen LogP contribution is -2.32. The fourth-order valence-electron chi connectivity index (χ4n) is 2.35. The van der Waals surface area contributed by atoms with Gasteiger partial charge in [-0.05, 0) is 19.8 Å². The van der Waals surface area contributed by atoms with E-state index in [4.69, 9.17) is 14.6 Å². The first-order chi connectivity index (χ1) is 11.0. The van der Waals surface area contributed by atoms with Gasteiger partial charge in [0.05, 0.1) is 17.6 Å². The van der Waals surface area contributed by atoms with E-state index >= 15 is 0 Å². The second-order valence-corrected chi connectivity index (χ2v) is 5.39. The number of aromatic nitrogens is 2. The first-order valence-corrected chi connectivity index (χ1v) is 7.41. The van der Waals surface area contributed by atoms with Crippen LogP contribution < -0.4 is 10.1 Å². The Morgan fingerprint density at radius 1 is 1.65 bits per heavy atom. The molecule has 10 heteroatoms. The lowest BCUT2D eigenvalue weighted by molar-refractivity contribution is -0.386. The zero-order valence-corrected chi connectivity index (χ0v) is 12.8. The molecule has 1 atom stereocenters. The lowest BCUT2D eigenvalue weighted by atomic mass is 10.1. The third-order valence-corrected chi connectivity index (χ3v) is 3.60. The van der Waals surface area contributed by atoms with E-state index in [2.05, 4.69) is 10.4 Å². The van der Waals surface area contributed by atoms with E-state index in [-0.39, 0.29) is 30.3 Å².